The lowest BCUT2D eigenvalue weighted by Gasteiger charge is -2.01. The van der Waals surface area contributed by atoms with E-state index in [4.69, 9.17) is 5.73 Å². The molecule has 0 atom stereocenters. The average Bonchev–Trinajstić information content (AvgIpc) is 2.74. The van der Waals surface area contributed by atoms with E-state index < -0.39 is 0 Å². The first-order valence-corrected chi connectivity index (χ1v) is 5.42. The molecule has 2 heterocycles. The summed E-state index contributed by atoms with van der Waals surface area (Å²) in [6, 6.07) is 5.77. The third kappa shape index (κ3) is 1.97. The van der Waals surface area contributed by atoms with E-state index in [0.717, 1.165) is 22.9 Å². The van der Waals surface area contributed by atoms with Crippen molar-refractivity contribution in [2.24, 2.45) is 5.73 Å². The fourth-order valence-corrected chi connectivity index (χ4v) is 1.68. The summed E-state index contributed by atoms with van der Waals surface area (Å²) in [5.74, 6) is 1.16. The molecule has 0 aliphatic heterocycles. The number of nitrogens with two attached hydrogens (primary N) is 1. The van der Waals surface area contributed by atoms with E-state index in [2.05, 4.69) is 28.8 Å². The third-order valence-electron chi connectivity index (χ3n) is 2.47. The normalized spacial score (nSPS) is 11.0. The van der Waals surface area contributed by atoms with Crippen LogP contribution >= 0.6 is 0 Å². The summed E-state index contributed by atoms with van der Waals surface area (Å²) in [5, 5.41) is 0. The Morgan fingerprint density at radius 2 is 2.19 bits per heavy atom. The Kier molecular flexibility index (Phi) is 3.01. The molecule has 0 fully saturated rings. The molecule has 0 aliphatic rings. The smallest absolute Gasteiger partial charge is 0.156 e. The molecular formula is C12H16N4. The van der Waals surface area contributed by atoms with E-state index in [1.54, 1.807) is 6.20 Å². The molecule has 16 heavy (non-hydrogen) atoms. The Balaban J connectivity index is 2.44. The molecule has 0 spiro atoms. The second-order valence-electron chi connectivity index (χ2n) is 4.02. The molecule has 0 aliphatic carbocycles. The lowest BCUT2D eigenvalue weighted by Crippen LogP contribution is -2.02. The SMILES string of the molecule is CC(C)c1nc(-c2ccccn2)[nH]c1CN. The van der Waals surface area contributed by atoms with Crippen molar-refractivity contribution in [1.82, 2.24) is 15.0 Å². The van der Waals surface area contributed by atoms with E-state index in [-0.39, 0.29) is 0 Å². The molecule has 0 bridgehead atoms. The van der Waals surface area contributed by atoms with Gasteiger partial charge in [0.1, 0.15) is 5.69 Å². The van der Waals surface area contributed by atoms with Crippen LogP contribution in [0.2, 0.25) is 0 Å². The van der Waals surface area contributed by atoms with Gasteiger partial charge in [0.25, 0.3) is 0 Å². The second-order valence-corrected chi connectivity index (χ2v) is 4.02. The summed E-state index contributed by atoms with van der Waals surface area (Å²) in [5.41, 5.74) is 8.57. The van der Waals surface area contributed by atoms with Gasteiger partial charge in [0.15, 0.2) is 5.82 Å². The topological polar surface area (TPSA) is 67.6 Å². The first-order chi connectivity index (χ1) is 7.72. The molecule has 4 nitrogen and oxygen atoms in total. The summed E-state index contributed by atoms with van der Waals surface area (Å²) >= 11 is 0. The van der Waals surface area contributed by atoms with Gasteiger partial charge in [-0.25, -0.2) is 4.98 Å². The molecule has 2 aromatic heterocycles. The summed E-state index contributed by atoms with van der Waals surface area (Å²) in [4.78, 5) is 12.0. The Bertz CT molecular complexity index is 459. The second kappa shape index (κ2) is 4.45. The van der Waals surface area contributed by atoms with Crippen LogP contribution in [-0.4, -0.2) is 15.0 Å². The Labute approximate surface area is 94.9 Å². The molecule has 0 amide bonds. The molecule has 0 saturated carbocycles. The van der Waals surface area contributed by atoms with Gasteiger partial charge in [-0.15, -0.1) is 0 Å². The Morgan fingerprint density at radius 1 is 1.38 bits per heavy atom. The molecule has 3 N–H and O–H groups in total. The molecular weight excluding hydrogens is 200 g/mol. The fraction of sp³-hybridized carbons (Fsp3) is 0.333. The standard InChI is InChI=1S/C12H16N4/c1-8(2)11-10(7-13)15-12(16-11)9-5-3-4-6-14-9/h3-6,8H,7,13H2,1-2H3,(H,15,16). The largest absolute Gasteiger partial charge is 0.339 e. The molecule has 0 radical (unpaired) electrons. The zero-order valence-electron chi connectivity index (χ0n) is 9.57. The van der Waals surface area contributed by atoms with Gasteiger partial charge in [0.05, 0.1) is 11.4 Å². The van der Waals surface area contributed by atoms with E-state index in [9.17, 15) is 0 Å². The van der Waals surface area contributed by atoms with Crippen LogP contribution in [0.5, 0.6) is 0 Å². The highest BCUT2D eigenvalue weighted by Gasteiger charge is 2.13. The van der Waals surface area contributed by atoms with Gasteiger partial charge in [0, 0.05) is 12.7 Å². The van der Waals surface area contributed by atoms with Gasteiger partial charge >= 0.3 is 0 Å². The van der Waals surface area contributed by atoms with Crippen molar-refractivity contribution in [2.45, 2.75) is 26.3 Å². The summed E-state index contributed by atoms with van der Waals surface area (Å²) in [6.07, 6.45) is 1.76. The number of hydrogen-bond donors (Lipinski definition) is 2. The van der Waals surface area contributed by atoms with E-state index in [1.165, 1.54) is 0 Å². The predicted octanol–water partition coefficient (Wildman–Crippen LogP) is 2.05. The maximum atomic E-state index is 5.69. The maximum absolute atomic E-state index is 5.69. The van der Waals surface area contributed by atoms with Gasteiger partial charge in [0.2, 0.25) is 0 Å². The highest BCUT2D eigenvalue weighted by atomic mass is 15.0. The van der Waals surface area contributed by atoms with Crippen molar-refractivity contribution in [3.63, 3.8) is 0 Å². The first-order valence-electron chi connectivity index (χ1n) is 5.42. The number of aromatic amines is 1. The van der Waals surface area contributed by atoms with Crippen molar-refractivity contribution in [1.29, 1.82) is 0 Å². The molecule has 0 unspecified atom stereocenters. The van der Waals surface area contributed by atoms with Crippen LogP contribution in [0.4, 0.5) is 0 Å². The number of nitrogens with zero attached hydrogens (tertiary/aromatic N) is 2. The molecule has 0 saturated heterocycles. The van der Waals surface area contributed by atoms with Gasteiger partial charge in [-0.3, -0.25) is 4.98 Å². The van der Waals surface area contributed by atoms with E-state index >= 15 is 0 Å². The zero-order chi connectivity index (χ0) is 11.5. The van der Waals surface area contributed by atoms with Gasteiger partial charge < -0.3 is 10.7 Å². The number of pyridine rings is 1. The number of imidazole rings is 1. The highest BCUT2D eigenvalue weighted by Crippen LogP contribution is 2.21. The fourth-order valence-electron chi connectivity index (χ4n) is 1.68. The molecule has 0 aromatic carbocycles. The lowest BCUT2D eigenvalue weighted by molar-refractivity contribution is 0.805. The van der Waals surface area contributed by atoms with Gasteiger partial charge in [-0.2, -0.15) is 0 Å². The molecule has 2 aromatic rings. The van der Waals surface area contributed by atoms with E-state index in [0.29, 0.717) is 12.5 Å². The van der Waals surface area contributed by atoms with Crippen molar-refractivity contribution < 1.29 is 0 Å². The minimum Gasteiger partial charge on any atom is -0.339 e. The Morgan fingerprint density at radius 3 is 2.69 bits per heavy atom. The third-order valence-corrected chi connectivity index (χ3v) is 2.47. The van der Waals surface area contributed by atoms with Crippen molar-refractivity contribution in [3.05, 3.63) is 35.8 Å². The summed E-state index contributed by atoms with van der Waals surface area (Å²) < 4.78 is 0. The first kappa shape index (κ1) is 10.8. The van der Waals surface area contributed by atoms with Gasteiger partial charge in [-0.05, 0) is 18.1 Å². The van der Waals surface area contributed by atoms with Crippen molar-refractivity contribution >= 4 is 0 Å². The quantitative estimate of drug-likeness (QED) is 0.825. The lowest BCUT2D eigenvalue weighted by atomic mass is 10.1. The molecule has 2 rings (SSSR count). The monoisotopic (exact) mass is 216 g/mol. The van der Waals surface area contributed by atoms with Crippen LogP contribution in [0.25, 0.3) is 11.5 Å². The van der Waals surface area contributed by atoms with Crippen LogP contribution in [-0.2, 0) is 6.54 Å². The van der Waals surface area contributed by atoms with E-state index in [1.807, 2.05) is 18.2 Å². The van der Waals surface area contributed by atoms with Crippen molar-refractivity contribution in [3.8, 4) is 11.5 Å². The minimum absolute atomic E-state index is 0.368. The maximum Gasteiger partial charge on any atom is 0.156 e. The number of nitrogens with one attached hydrogen (secondary N) is 1. The number of H-pyrrole nitrogens is 1. The summed E-state index contributed by atoms with van der Waals surface area (Å²) in [7, 11) is 0. The van der Waals surface area contributed by atoms with Crippen molar-refractivity contribution in [2.75, 3.05) is 0 Å². The van der Waals surface area contributed by atoms with Crippen LogP contribution in [0, 0.1) is 0 Å². The predicted molar refractivity (Wildman–Crippen MR) is 63.8 cm³/mol. The van der Waals surface area contributed by atoms with Crippen LogP contribution in [0.1, 0.15) is 31.2 Å². The summed E-state index contributed by atoms with van der Waals surface area (Å²) in [6.45, 7) is 4.70. The Hall–Kier alpha value is -1.68. The number of rotatable bonds is 3. The average molecular weight is 216 g/mol. The van der Waals surface area contributed by atoms with Crippen LogP contribution < -0.4 is 5.73 Å². The highest BCUT2D eigenvalue weighted by molar-refractivity contribution is 5.50. The van der Waals surface area contributed by atoms with Crippen LogP contribution in [0.15, 0.2) is 24.4 Å². The molecule has 84 valence electrons. The number of aromatic nitrogens is 3. The van der Waals surface area contributed by atoms with Gasteiger partial charge in [-0.1, -0.05) is 19.9 Å². The number of hydrogen-bond acceptors (Lipinski definition) is 3. The van der Waals surface area contributed by atoms with Crippen LogP contribution in [0.3, 0.4) is 0 Å². The minimum atomic E-state index is 0.368. The zero-order valence-corrected chi connectivity index (χ0v) is 9.57. The molecule has 4 heteroatoms.